The zero-order valence-electron chi connectivity index (χ0n) is 17.8. The number of fused-ring (bicyclic) bond motifs is 1. The third-order valence-corrected chi connectivity index (χ3v) is 7.93. The Balaban J connectivity index is 1.56. The number of carbonyl (C=O) groups is 3. The fourth-order valence-electron chi connectivity index (χ4n) is 4.89. The van der Waals surface area contributed by atoms with Crippen LogP contribution in [0, 0.1) is 0 Å². The predicted octanol–water partition coefficient (Wildman–Crippen LogP) is 3.05. The smallest absolute Gasteiger partial charge is 0.352 e. The summed E-state index contributed by atoms with van der Waals surface area (Å²) in [6.45, 7) is 4.24. The van der Waals surface area contributed by atoms with E-state index >= 15 is 0 Å². The Morgan fingerprint density at radius 2 is 1.90 bits per heavy atom. The van der Waals surface area contributed by atoms with Crippen LogP contribution in [-0.4, -0.2) is 51.6 Å². The minimum absolute atomic E-state index is 0.0538. The van der Waals surface area contributed by atoms with E-state index in [9.17, 15) is 19.5 Å². The van der Waals surface area contributed by atoms with E-state index in [1.807, 2.05) is 31.2 Å². The Bertz CT molecular complexity index is 920. The van der Waals surface area contributed by atoms with Gasteiger partial charge in [-0.15, -0.1) is 11.8 Å². The number of hydrogen-bond acceptors (Lipinski definition) is 5. The Kier molecular flexibility index (Phi) is 6.01. The van der Waals surface area contributed by atoms with E-state index in [0.29, 0.717) is 17.9 Å². The van der Waals surface area contributed by atoms with Crippen LogP contribution in [0.15, 0.2) is 35.5 Å². The number of nitrogens with zero attached hydrogens (tertiary/aromatic N) is 1. The first kappa shape index (κ1) is 21.7. The van der Waals surface area contributed by atoms with Gasteiger partial charge in [-0.1, -0.05) is 31.4 Å². The van der Waals surface area contributed by atoms with Gasteiger partial charge in [0.15, 0.2) is 0 Å². The number of hydrogen-bond donors (Lipinski definition) is 2. The SMILES string of the molecule is CCOc1ccc(C2(C(=O)N[C@@H]3C(=O)N4C(C(=O)O)=C(C)CS[C@H]34)CCCCC2)cc1. The molecule has 1 saturated carbocycles. The van der Waals surface area contributed by atoms with Gasteiger partial charge in [0.1, 0.15) is 22.9 Å². The molecule has 0 unspecified atom stereocenters. The fourth-order valence-corrected chi connectivity index (χ4v) is 6.19. The van der Waals surface area contributed by atoms with Crippen LogP contribution in [0.4, 0.5) is 0 Å². The van der Waals surface area contributed by atoms with E-state index in [2.05, 4.69) is 5.32 Å². The first-order valence-electron chi connectivity index (χ1n) is 10.8. The van der Waals surface area contributed by atoms with Gasteiger partial charge in [0.2, 0.25) is 5.91 Å². The van der Waals surface area contributed by atoms with Crippen molar-refractivity contribution in [1.29, 1.82) is 0 Å². The third-order valence-electron chi connectivity index (χ3n) is 6.51. The zero-order valence-corrected chi connectivity index (χ0v) is 18.7. The summed E-state index contributed by atoms with van der Waals surface area (Å²) in [6.07, 6.45) is 4.46. The summed E-state index contributed by atoms with van der Waals surface area (Å²) in [5.74, 6) is -0.284. The summed E-state index contributed by atoms with van der Waals surface area (Å²) in [6, 6.07) is 7.00. The second-order valence-electron chi connectivity index (χ2n) is 8.40. The number of ether oxygens (including phenoxy) is 1. The molecule has 0 spiro atoms. The van der Waals surface area contributed by atoms with E-state index in [4.69, 9.17) is 4.74 Å². The number of aliphatic carboxylic acids is 1. The van der Waals surface area contributed by atoms with Gasteiger partial charge in [0, 0.05) is 5.75 Å². The lowest BCUT2D eigenvalue weighted by molar-refractivity contribution is -0.151. The summed E-state index contributed by atoms with van der Waals surface area (Å²) in [5.41, 5.74) is 0.989. The van der Waals surface area contributed by atoms with Gasteiger partial charge in [-0.25, -0.2) is 4.79 Å². The van der Waals surface area contributed by atoms with E-state index < -0.39 is 17.4 Å². The lowest BCUT2D eigenvalue weighted by Gasteiger charge is -2.50. The van der Waals surface area contributed by atoms with Crippen molar-refractivity contribution in [3.05, 3.63) is 41.1 Å². The highest BCUT2D eigenvalue weighted by atomic mass is 32.2. The van der Waals surface area contributed by atoms with Crippen molar-refractivity contribution in [3.63, 3.8) is 0 Å². The van der Waals surface area contributed by atoms with Crippen molar-refractivity contribution >= 4 is 29.5 Å². The van der Waals surface area contributed by atoms with Crippen molar-refractivity contribution < 1.29 is 24.2 Å². The minimum Gasteiger partial charge on any atom is -0.494 e. The maximum atomic E-state index is 13.6. The van der Waals surface area contributed by atoms with E-state index in [-0.39, 0.29) is 22.9 Å². The van der Waals surface area contributed by atoms with Crippen molar-refractivity contribution in [2.24, 2.45) is 0 Å². The summed E-state index contributed by atoms with van der Waals surface area (Å²) in [5, 5.41) is 12.1. The van der Waals surface area contributed by atoms with Gasteiger partial charge >= 0.3 is 5.97 Å². The summed E-state index contributed by atoms with van der Waals surface area (Å²) < 4.78 is 5.54. The third kappa shape index (κ3) is 3.71. The monoisotopic (exact) mass is 444 g/mol. The van der Waals surface area contributed by atoms with E-state index in [1.165, 1.54) is 16.7 Å². The van der Waals surface area contributed by atoms with Gasteiger partial charge < -0.3 is 15.2 Å². The first-order chi connectivity index (χ1) is 14.9. The van der Waals surface area contributed by atoms with Crippen LogP contribution in [0.1, 0.15) is 51.5 Å². The van der Waals surface area contributed by atoms with Crippen LogP contribution in [0.2, 0.25) is 0 Å². The summed E-state index contributed by atoms with van der Waals surface area (Å²) in [4.78, 5) is 39.3. The first-order valence-corrected chi connectivity index (χ1v) is 11.9. The molecule has 2 amide bonds. The average molecular weight is 445 g/mol. The van der Waals surface area contributed by atoms with Crippen molar-refractivity contribution in [1.82, 2.24) is 10.2 Å². The van der Waals surface area contributed by atoms with Crippen LogP contribution in [0.25, 0.3) is 0 Å². The summed E-state index contributed by atoms with van der Waals surface area (Å²) in [7, 11) is 0. The maximum Gasteiger partial charge on any atom is 0.352 e. The minimum atomic E-state index is -1.10. The number of carboxylic acids is 1. The Hall–Kier alpha value is -2.48. The van der Waals surface area contributed by atoms with Gasteiger partial charge in [-0.2, -0.15) is 0 Å². The van der Waals surface area contributed by atoms with Crippen LogP contribution in [-0.2, 0) is 19.8 Å². The number of thioether (sulfide) groups is 1. The highest BCUT2D eigenvalue weighted by Crippen LogP contribution is 2.43. The van der Waals surface area contributed by atoms with Gasteiger partial charge in [0.25, 0.3) is 5.91 Å². The Labute approximate surface area is 186 Å². The molecule has 2 fully saturated rings. The molecule has 2 N–H and O–H groups in total. The Morgan fingerprint density at radius 3 is 2.52 bits per heavy atom. The highest BCUT2D eigenvalue weighted by molar-refractivity contribution is 8.00. The molecule has 0 bridgehead atoms. The van der Waals surface area contributed by atoms with Crippen LogP contribution in [0.5, 0.6) is 5.75 Å². The van der Waals surface area contributed by atoms with Gasteiger partial charge in [-0.05, 0) is 50.0 Å². The van der Waals surface area contributed by atoms with Crippen LogP contribution >= 0.6 is 11.8 Å². The standard InChI is InChI=1S/C23H28N2O5S/c1-3-30-16-9-7-15(8-10-16)23(11-5-4-6-12-23)22(29)24-17-19(26)25-18(21(27)28)14(2)13-31-20(17)25/h7-10,17,20H,3-6,11-13H2,1-2H3,(H,24,29)(H,27,28)/t17-,20-/m1/s1. The average Bonchev–Trinajstić information content (AvgIpc) is 2.78. The van der Waals surface area contributed by atoms with Crippen molar-refractivity contribution in [3.8, 4) is 5.75 Å². The van der Waals surface area contributed by atoms with Crippen LogP contribution < -0.4 is 10.1 Å². The molecular weight excluding hydrogens is 416 g/mol. The van der Waals surface area contributed by atoms with Gasteiger partial charge in [0.05, 0.1) is 12.0 Å². The zero-order chi connectivity index (χ0) is 22.2. The summed E-state index contributed by atoms with van der Waals surface area (Å²) >= 11 is 1.50. The number of β-lactam (4-membered cyclic amide) rings is 1. The molecule has 7 nitrogen and oxygen atoms in total. The number of carboxylic acid groups (broad SMARTS) is 1. The molecule has 0 aromatic heterocycles. The molecule has 2 heterocycles. The number of rotatable bonds is 6. The molecule has 166 valence electrons. The molecule has 1 saturated heterocycles. The fraction of sp³-hybridized carbons (Fsp3) is 0.522. The molecule has 1 aromatic rings. The normalized spacial score (nSPS) is 24.8. The van der Waals surface area contributed by atoms with E-state index in [0.717, 1.165) is 43.4 Å². The Morgan fingerprint density at radius 1 is 1.23 bits per heavy atom. The number of carbonyl (C=O) groups excluding carboxylic acids is 2. The molecular formula is C23H28N2O5S. The predicted molar refractivity (Wildman–Crippen MR) is 118 cm³/mol. The molecule has 8 heteroatoms. The highest BCUT2D eigenvalue weighted by Gasteiger charge is 2.55. The second-order valence-corrected chi connectivity index (χ2v) is 9.50. The second kappa shape index (κ2) is 8.57. The molecule has 31 heavy (non-hydrogen) atoms. The quantitative estimate of drug-likeness (QED) is 0.655. The molecule has 1 aromatic carbocycles. The van der Waals surface area contributed by atoms with Gasteiger partial charge in [-0.3, -0.25) is 14.5 Å². The number of amides is 2. The van der Waals surface area contributed by atoms with Crippen molar-refractivity contribution in [2.45, 2.75) is 62.8 Å². The lowest BCUT2D eigenvalue weighted by atomic mass is 9.68. The maximum absolute atomic E-state index is 13.6. The molecule has 3 aliphatic rings. The number of nitrogens with one attached hydrogen (secondary N) is 1. The molecule has 0 radical (unpaired) electrons. The van der Waals surface area contributed by atoms with E-state index in [1.54, 1.807) is 6.92 Å². The molecule has 1 aliphatic carbocycles. The molecule has 2 atom stereocenters. The number of benzene rings is 1. The van der Waals surface area contributed by atoms with Crippen molar-refractivity contribution in [2.75, 3.05) is 12.4 Å². The lowest BCUT2D eigenvalue weighted by Crippen LogP contribution is -2.71. The molecule has 2 aliphatic heterocycles. The largest absolute Gasteiger partial charge is 0.494 e. The van der Waals surface area contributed by atoms with Crippen LogP contribution in [0.3, 0.4) is 0 Å². The molecule has 4 rings (SSSR count). The topological polar surface area (TPSA) is 95.9 Å².